The predicted octanol–water partition coefficient (Wildman–Crippen LogP) is 6.09. The van der Waals surface area contributed by atoms with Gasteiger partial charge in [-0.15, -0.1) is 11.3 Å². The molecule has 6 heteroatoms. The summed E-state index contributed by atoms with van der Waals surface area (Å²) >= 11 is 1.58. The zero-order valence-electron chi connectivity index (χ0n) is 17.9. The van der Waals surface area contributed by atoms with Crippen LogP contribution in [0.15, 0.2) is 96.5 Å². The molecular formula is C27H22FN3OS. The van der Waals surface area contributed by atoms with Gasteiger partial charge < -0.3 is 4.90 Å². The number of imidazole rings is 1. The third-order valence-electron chi connectivity index (χ3n) is 5.60. The molecular weight excluding hydrogens is 433 g/mol. The van der Waals surface area contributed by atoms with Crippen LogP contribution in [0.1, 0.15) is 21.6 Å². The largest absolute Gasteiger partial charge is 0.334 e. The standard InChI is InChI=1S/C27H22FN3OS/c28-24-14-8-7-13-23(24)26(32)30(17-20-9-3-1-4-10-20)16-15-22-19-33-27-29-25(18-31(22)27)21-11-5-2-6-12-21/h1-14,18-19H,15-17H2. The predicted molar refractivity (Wildman–Crippen MR) is 130 cm³/mol. The number of hydrogen-bond acceptors (Lipinski definition) is 3. The summed E-state index contributed by atoms with van der Waals surface area (Å²) in [6.45, 7) is 0.882. The van der Waals surface area contributed by atoms with Crippen LogP contribution in [0.25, 0.3) is 16.2 Å². The van der Waals surface area contributed by atoms with Gasteiger partial charge in [-0.2, -0.15) is 0 Å². The Labute approximate surface area is 195 Å². The normalized spacial score (nSPS) is 11.1. The highest BCUT2D eigenvalue weighted by Gasteiger charge is 2.20. The first-order valence-electron chi connectivity index (χ1n) is 10.8. The van der Waals surface area contributed by atoms with Gasteiger partial charge in [-0.25, -0.2) is 9.37 Å². The molecule has 0 fully saturated rings. The number of rotatable bonds is 7. The summed E-state index contributed by atoms with van der Waals surface area (Å²) in [5.74, 6) is -0.806. The van der Waals surface area contributed by atoms with E-state index in [0.29, 0.717) is 19.5 Å². The third kappa shape index (κ3) is 4.56. The zero-order valence-corrected chi connectivity index (χ0v) is 18.7. The second kappa shape index (κ2) is 9.38. The topological polar surface area (TPSA) is 37.6 Å². The lowest BCUT2D eigenvalue weighted by Crippen LogP contribution is -2.33. The molecule has 0 aliphatic carbocycles. The van der Waals surface area contributed by atoms with Gasteiger partial charge in [0.05, 0.1) is 11.3 Å². The average Bonchev–Trinajstić information content (AvgIpc) is 3.44. The Morgan fingerprint density at radius 1 is 0.939 bits per heavy atom. The fraction of sp³-hybridized carbons (Fsp3) is 0.111. The number of halogens is 1. The maximum Gasteiger partial charge on any atom is 0.257 e. The van der Waals surface area contributed by atoms with Crippen molar-refractivity contribution in [3.8, 4) is 11.3 Å². The monoisotopic (exact) mass is 455 g/mol. The molecule has 2 aromatic heterocycles. The number of fused-ring (bicyclic) bond motifs is 1. The van der Waals surface area contributed by atoms with E-state index in [1.54, 1.807) is 34.4 Å². The van der Waals surface area contributed by atoms with Crippen LogP contribution < -0.4 is 0 Å². The summed E-state index contributed by atoms with van der Waals surface area (Å²) in [5.41, 5.74) is 4.17. The second-order valence-electron chi connectivity index (χ2n) is 7.81. The van der Waals surface area contributed by atoms with Gasteiger partial charge in [0, 0.05) is 42.3 Å². The Morgan fingerprint density at radius 3 is 2.39 bits per heavy atom. The van der Waals surface area contributed by atoms with Crippen molar-refractivity contribution in [3.63, 3.8) is 0 Å². The molecule has 1 amide bonds. The zero-order chi connectivity index (χ0) is 22.6. The van der Waals surface area contributed by atoms with Crippen LogP contribution in [0, 0.1) is 5.82 Å². The van der Waals surface area contributed by atoms with Crippen molar-refractivity contribution in [2.45, 2.75) is 13.0 Å². The molecule has 0 saturated carbocycles. The number of aromatic nitrogens is 2. The fourth-order valence-corrected chi connectivity index (χ4v) is 4.78. The van der Waals surface area contributed by atoms with Gasteiger partial charge in [0.2, 0.25) is 0 Å². The van der Waals surface area contributed by atoms with Crippen LogP contribution in [0.2, 0.25) is 0 Å². The van der Waals surface area contributed by atoms with E-state index in [1.807, 2.05) is 66.9 Å². The Hall–Kier alpha value is -3.77. The number of carbonyl (C=O) groups excluding carboxylic acids is 1. The first kappa shape index (κ1) is 21.1. The van der Waals surface area contributed by atoms with Crippen molar-refractivity contribution in [2.24, 2.45) is 0 Å². The van der Waals surface area contributed by atoms with Crippen LogP contribution in [0.3, 0.4) is 0 Å². The van der Waals surface area contributed by atoms with Gasteiger partial charge in [-0.05, 0) is 17.7 Å². The number of thiazole rings is 1. The lowest BCUT2D eigenvalue weighted by Gasteiger charge is -2.23. The lowest BCUT2D eigenvalue weighted by atomic mass is 10.1. The number of hydrogen-bond donors (Lipinski definition) is 0. The summed E-state index contributed by atoms with van der Waals surface area (Å²) in [4.78, 5) is 20.6. The summed E-state index contributed by atoms with van der Waals surface area (Å²) in [6.07, 6.45) is 2.67. The van der Waals surface area contributed by atoms with Gasteiger partial charge in [-0.1, -0.05) is 72.8 Å². The van der Waals surface area contributed by atoms with Crippen LogP contribution >= 0.6 is 11.3 Å². The molecule has 2 heterocycles. The van der Waals surface area contributed by atoms with Crippen molar-refractivity contribution in [1.29, 1.82) is 0 Å². The molecule has 0 atom stereocenters. The van der Waals surface area contributed by atoms with Gasteiger partial charge in [0.15, 0.2) is 4.96 Å². The first-order valence-corrected chi connectivity index (χ1v) is 11.7. The van der Waals surface area contributed by atoms with E-state index >= 15 is 0 Å². The molecule has 164 valence electrons. The number of amides is 1. The molecule has 33 heavy (non-hydrogen) atoms. The van der Waals surface area contributed by atoms with E-state index in [2.05, 4.69) is 9.78 Å². The minimum atomic E-state index is -0.499. The molecule has 5 rings (SSSR count). The summed E-state index contributed by atoms with van der Waals surface area (Å²) in [7, 11) is 0. The minimum Gasteiger partial charge on any atom is -0.334 e. The van der Waals surface area contributed by atoms with E-state index in [1.165, 1.54) is 6.07 Å². The Morgan fingerprint density at radius 2 is 1.64 bits per heavy atom. The SMILES string of the molecule is O=C(c1ccccc1F)N(CCc1csc2nc(-c3ccccc3)cn12)Cc1ccccc1. The average molecular weight is 456 g/mol. The van der Waals surface area contributed by atoms with E-state index in [4.69, 9.17) is 4.98 Å². The third-order valence-corrected chi connectivity index (χ3v) is 6.49. The van der Waals surface area contributed by atoms with E-state index in [-0.39, 0.29) is 11.5 Å². The Kier molecular flexibility index (Phi) is 6.00. The van der Waals surface area contributed by atoms with Crippen LogP contribution in [-0.4, -0.2) is 26.7 Å². The van der Waals surface area contributed by atoms with Gasteiger partial charge in [0.1, 0.15) is 5.82 Å². The highest BCUT2D eigenvalue weighted by molar-refractivity contribution is 7.15. The second-order valence-corrected chi connectivity index (χ2v) is 8.65. The van der Waals surface area contributed by atoms with Crippen molar-refractivity contribution < 1.29 is 9.18 Å². The van der Waals surface area contributed by atoms with Gasteiger partial charge in [0.25, 0.3) is 5.91 Å². The van der Waals surface area contributed by atoms with E-state index in [9.17, 15) is 9.18 Å². The number of carbonyl (C=O) groups is 1. The van der Waals surface area contributed by atoms with Crippen LogP contribution in [0.5, 0.6) is 0 Å². The molecule has 5 aromatic rings. The molecule has 0 unspecified atom stereocenters. The highest BCUT2D eigenvalue weighted by Crippen LogP contribution is 2.24. The molecule has 0 aliphatic heterocycles. The lowest BCUT2D eigenvalue weighted by molar-refractivity contribution is 0.0740. The smallest absolute Gasteiger partial charge is 0.257 e. The van der Waals surface area contributed by atoms with Crippen molar-refractivity contribution in [2.75, 3.05) is 6.54 Å². The Balaban J connectivity index is 1.40. The minimum absolute atomic E-state index is 0.0953. The molecule has 0 spiro atoms. The highest BCUT2D eigenvalue weighted by atomic mass is 32.1. The van der Waals surface area contributed by atoms with Gasteiger partial charge in [-0.3, -0.25) is 9.20 Å². The maximum absolute atomic E-state index is 14.4. The fourth-order valence-electron chi connectivity index (χ4n) is 3.87. The molecule has 4 nitrogen and oxygen atoms in total. The quantitative estimate of drug-likeness (QED) is 0.298. The van der Waals surface area contributed by atoms with E-state index in [0.717, 1.165) is 27.5 Å². The molecule has 0 bridgehead atoms. The van der Waals surface area contributed by atoms with Crippen molar-refractivity contribution in [1.82, 2.24) is 14.3 Å². The van der Waals surface area contributed by atoms with Crippen molar-refractivity contribution >= 4 is 22.2 Å². The van der Waals surface area contributed by atoms with Crippen LogP contribution in [-0.2, 0) is 13.0 Å². The number of benzene rings is 3. The van der Waals surface area contributed by atoms with Crippen molar-refractivity contribution in [3.05, 3.63) is 119 Å². The molecule has 0 aliphatic rings. The molecule has 3 aromatic carbocycles. The molecule has 0 saturated heterocycles. The Bertz CT molecular complexity index is 1380. The van der Waals surface area contributed by atoms with Crippen LogP contribution in [0.4, 0.5) is 4.39 Å². The molecule has 0 radical (unpaired) electrons. The first-order chi connectivity index (χ1) is 16.2. The maximum atomic E-state index is 14.4. The van der Waals surface area contributed by atoms with Gasteiger partial charge >= 0.3 is 0 Å². The summed E-state index contributed by atoms with van der Waals surface area (Å²) in [6, 6.07) is 26.0. The molecule has 0 N–H and O–H groups in total. The van der Waals surface area contributed by atoms with E-state index < -0.39 is 5.82 Å². The summed E-state index contributed by atoms with van der Waals surface area (Å²) in [5, 5.41) is 2.07. The summed E-state index contributed by atoms with van der Waals surface area (Å²) < 4.78 is 16.5. The number of nitrogens with zero attached hydrogens (tertiary/aromatic N) is 3.